The van der Waals surface area contributed by atoms with Gasteiger partial charge in [-0.25, -0.2) is 0 Å². The highest BCUT2D eigenvalue weighted by Crippen LogP contribution is 2.34. The Bertz CT molecular complexity index is 1140. The van der Waals surface area contributed by atoms with Crippen molar-refractivity contribution in [2.45, 2.75) is 26.7 Å². The topological polar surface area (TPSA) is 34.1 Å². The van der Waals surface area contributed by atoms with Gasteiger partial charge in [0.15, 0.2) is 11.6 Å². The number of hydrogen-bond donors (Lipinski definition) is 0. The Morgan fingerprint density at radius 2 is 1.12 bits per heavy atom. The molecule has 0 saturated heterocycles. The third-order valence-corrected chi connectivity index (χ3v) is 5.81. The van der Waals surface area contributed by atoms with Crippen LogP contribution in [-0.2, 0) is 12.8 Å². The summed E-state index contributed by atoms with van der Waals surface area (Å²) < 4.78 is 0. The standard InChI is InChI=1S/C24H18O2/c1-13-7-16-10-18-11-17-9-15-5-3-4-6-19(15)23(25)21(17)12-22(18)24(26)20(16)8-14(13)2/h3-8,11-12H,9-10H2,1-2H3. The molecule has 0 N–H and O–H groups in total. The summed E-state index contributed by atoms with van der Waals surface area (Å²) in [4.78, 5) is 26.0. The zero-order valence-electron chi connectivity index (χ0n) is 14.8. The van der Waals surface area contributed by atoms with Crippen LogP contribution in [0.1, 0.15) is 65.2 Å². The van der Waals surface area contributed by atoms with Gasteiger partial charge in [0.1, 0.15) is 0 Å². The first kappa shape index (κ1) is 15.3. The van der Waals surface area contributed by atoms with E-state index in [0.717, 1.165) is 51.8 Å². The molecule has 2 aliphatic carbocycles. The number of carbonyl (C=O) groups is 2. The van der Waals surface area contributed by atoms with Crippen LogP contribution in [0.3, 0.4) is 0 Å². The molecule has 0 amide bonds. The molecule has 0 bridgehead atoms. The lowest BCUT2D eigenvalue weighted by molar-refractivity contribution is 0.103. The van der Waals surface area contributed by atoms with Crippen molar-refractivity contribution in [1.82, 2.24) is 0 Å². The predicted octanol–water partition coefficient (Wildman–Crippen LogP) is 4.57. The largest absolute Gasteiger partial charge is 0.289 e. The van der Waals surface area contributed by atoms with Gasteiger partial charge >= 0.3 is 0 Å². The van der Waals surface area contributed by atoms with Crippen molar-refractivity contribution in [3.8, 4) is 0 Å². The number of ketones is 2. The Morgan fingerprint density at radius 3 is 1.88 bits per heavy atom. The Kier molecular flexibility index (Phi) is 3.08. The van der Waals surface area contributed by atoms with Crippen molar-refractivity contribution in [2.75, 3.05) is 0 Å². The molecule has 3 aromatic rings. The molecular weight excluding hydrogens is 320 g/mol. The fourth-order valence-corrected chi connectivity index (χ4v) is 4.24. The SMILES string of the molecule is Cc1cc2c(cc1C)C(=O)c1cc3c(cc1C2)Cc1ccccc1C3=O. The van der Waals surface area contributed by atoms with Gasteiger partial charge < -0.3 is 0 Å². The van der Waals surface area contributed by atoms with Crippen LogP contribution in [0.25, 0.3) is 0 Å². The highest BCUT2D eigenvalue weighted by Gasteiger charge is 2.29. The number of carbonyl (C=O) groups excluding carboxylic acids is 2. The maximum Gasteiger partial charge on any atom is 0.193 e. The lowest BCUT2D eigenvalue weighted by atomic mass is 9.77. The van der Waals surface area contributed by atoms with E-state index in [4.69, 9.17) is 0 Å². The second-order valence-electron chi connectivity index (χ2n) is 7.43. The first-order valence-corrected chi connectivity index (χ1v) is 8.96. The summed E-state index contributed by atoms with van der Waals surface area (Å²) >= 11 is 0. The summed E-state index contributed by atoms with van der Waals surface area (Å²) in [6, 6.07) is 15.8. The van der Waals surface area contributed by atoms with Gasteiger partial charge in [-0.1, -0.05) is 36.4 Å². The predicted molar refractivity (Wildman–Crippen MR) is 101 cm³/mol. The molecule has 0 aliphatic heterocycles. The van der Waals surface area contributed by atoms with Crippen molar-refractivity contribution >= 4 is 11.6 Å². The average Bonchev–Trinajstić information content (AvgIpc) is 2.63. The molecule has 0 unspecified atom stereocenters. The van der Waals surface area contributed by atoms with Gasteiger partial charge in [0, 0.05) is 22.3 Å². The Balaban J connectivity index is 1.68. The van der Waals surface area contributed by atoms with Crippen LogP contribution < -0.4 is 0 Å². The van der Waals surface area contributed by atoms with Gasteiger partial charge in [-0.15, -0.1) is 0 Å². The van der Waals surface area contributed by atoms with E-state index in [1.165, 1.54) is 5.56 Å². The van der Waals surface area contributed by atoms with Gasteiger partial charge in [0.25, 0.3) is 0 Å². The van der Waals surface area contributed by atoms with Crippen molar-refractivity contribution in [3.05, 3.63) is 104 Å². The monoisotopic (exact) mass is 338 g/mol. The summed E-state index contributed by atoms with van der Waals surface area (Å²) in [6.07, 6.45) is 1.50. The maximum absolute atomic E-state index is 13.1. The molecule has 0 atom stereocenters. The summed E-state index contributed by atoms with van der Waals surface area (Å²) in [5.74, 6) is 0.0714. The molecule has 0 heterocycles. The molecule has 0 saturated carbocycles. The molecule has 2 heteroatoms. The number of aryl methyl sites for hydroxylation is 2. The van der Waals surface area contributed by atoms with Gasteiger partial charge in [-0.3, -0.25) is 9.59 Å². The minimum atomic E-state index is 0.0309. The molecule has 126 valence electrons. The van der Waals surface area contributed by atoms with Gasteiger partial charge in [-0.05, 0) is 72.2 Å². The second kappa shape index (κ2) is 5.25. The van der Waals surface area contributed by atoms with Crippen LogP contribution in [0, 0.1) is 13.8 Å². The zero-order valence-corrected chi connectivity index (χ0v) is 14.8. The lowest BCUT2D eigenvalue weighted by Gasteiger charge is -2.25. The highest BCUT2D eigenvalue weighted by molar-refractivity contribution is 6.17. The molecule has 0 radical (unpaired) electrons. The molecule has 3 aromatic carbocycles. The van der Waals surface area contributed by atoms with Crippen LogP contribution >= 0.6 is 0 Å². The normalized spacial score (nSPS) is 14.4. The minimum Gasteiger partial charge on any atom is -0.289 e. The fraction of sp³-hybridized carbons (Fsp3) is 0.167. The van der Waals surface area contributed by atoms with E-state index < -0.39 is 0 Å². The Labute approximate surface area is 152 Å². The minimum absolute atomic E-state index is 0.0309. The van der Waals surface area contributed by atoms with Crippen molar-refractivity contribution in [3.63, 3.8) is 0 Å². The molecule has 0 aromatic heterocycles. The Morgan fingerprint density at radius 1 is 0.577 bits per heavy atom. The van der Waals surface area contributed by atoms with E-state index in [0.29, 0.717) is 11.1 Å². The number of fused-ring (bicyclic) bond motifs is 4. The van der Waals surface area contributed by atoms with Crippen LogP contribution in [0.5, 0.6) is 0 Å². The molecule has 2 aliphatic rings. The molecule has 26 heavy (non-hydrogen) atoms. The maximum atomic E-state index is 13.1. The van der Waals surface area contributed by atoms with Gasteiger partial charge in [0.2, 0.25) is 0 Å². The van der Waals surface area contributed by atoms with E-state index in [1.54, 1.807) is 0 Å². The fourth-order valence-electron chi connectivity index (χ4n) is 4.24. The third-order valence-electron chi connectivity index (χ3n) is 5.81. The number of hydrogen-bond acceptors (Lipinski definition) is 2. The lowest BCUT2D eigenvalue weighted by Crippen LogP contribution is -2.21. The summed E-state index contributed by atoms with van der Waals surface area (Å²) in [5, 5.41) is 0. The average molecular weight is 338 g/mol. The Hall–Kier alpha value is -3.00. The van der Waals surface area contributed by atoms with Crippen LogP contribution in [0.4, 0.5) is 0 Å². The molecule has 5 rings (SSSR count). The summed E-state index contributed by atoms with van der Waals surface area (Å²) in [7, 11) is 0. The smallest absolute Gasteiger partial charge is 0.193 e. The van der Waals surface area contributed by atoms with Crippen molar-refractivity contribution in [1.29, 1.82) is 0 Å². The molecule has 2 nitrogen and oxygen atoms in total. The van der Waals surface area contributed by atoms with E-state index in [-0.39, 0.29) is 11.6 Å². The van der Waals surface area contributed by atoms with Crippen molar-refractivity contribution < 1.29 is 9.59 Å². The summed E-state index contributed by atoms with van der Waals surface area (Å²) in [5.41, 5.74) is 9.48. The quantitative estimate of drug-likeness (QED) is 0.414. The van der Waals surface area contributed by atoms with Crippen LogP contribution in [0.2, 0.25) is 0 Å². The number of rotatable bonds is 0. The van der Waals surface area contributed by atoms with Crippen LogP contribution in [-0.4, -0.2) is 11.6 Å². The summed E-state index contributed by atoms with van der Waals surface area (Å²) in [6.45, 7) is 4.11. The van der Waals surface area contributed by atoms with Gasteiger partial charge in [-0.2, -0.15) is 0 Å². The first-order chi connectivity index (χ1) is 12.5. The van der Waals surface area contributed by atoms with Gasteiger partial charge in [0.05, 0.1) is 0 Å². The molecular formula is C24H18O2. The van der Waals surface area contributed by atoms with E-state index >= 15 is 0 Å². The van der Waals surface area contributed by atoms with Crippen molar-refractivity contribution in [2.24, 2.45) is 0 Å². The van der Waals surface area contributed by atoms with Crippen LogP contribution in [0.15, 0.2) is 48.5 Å². The second-order valence-corrected chi connectivity index (χ2v) is 7.43. The first-order valence-electron chi connectivity index (χ1n) is 8.96. The molecule has 0 fully saturated rings. The van der Waals surface area contributed by atoms with E-state index in [9.17, 15) is 9.59 Å². The van der Waals surface area contributed by atoms with E-state index in [2.05, 4.69) is 19.1 Å². The zero-order chi connectivity index (χ0) is 18.0. The van der Waals surface area contributed by atoms with E-state index in [1.807, 2.05) is 43.3 Å². The highest BCUT2D eigenvalue weighted by atomic mass is 16.1. The molecule has 0 spiro atoms. The third kappa shape index (κ3) is 2.05. The number of benzene rings is 3.